The summed E-state index contributed by atoms with van der Waals surface area (Å²) in [4.78, 5) is 12.2. The van der Waals surface area contributed by atoms with Gasteiger partial charge in [-0.1, -0.05) is 23.7 Å². The van der Waals surface area contributed by atoms with Crippen LogP contribution in [0, 0.1) is 6.92 Å². The molecule has 0 spiro atoms. The third-order valence-electron chi connectivity index (χ3n) is 3.08. The van der Waals surface area contributed by atoms with Crippen LogP contribution in [0.3, 0.4) is 0 Å². The van der Waals surface area contributed by atoms with Gasteiger partial charge in [-0.3, -0.25) is 4.79 Å². The molecule has 0 saturated carbocycles. The summed E-state index contributed by atoms with van der Waals surface area (Å²) >= 11 is 5.82. The Kier molecular flexibility index (Phi) is 4.83. The van der Waals surface area contributed by atoms with Crippen LogP contribution >= 0.6 is 11.6 Å². The first-order chi connectivity index (χ1) is 9.99. The Labute approximate surface area is 128 Å². The summed E-state index contributed by atoms with van der Waals surface area (Å²) in [5.74, 6) is -0.324. The monoisotopic (exact) mass is 305 g/mol. The number of aryl methyl sites for hydroxylation is 1. The van der Waals surface area contributed by atoms with Gasteiger partial charge in [0, 0.05) is 10.6 Å². The van der Waals surface area contributed by atoms with Crippen molar-refractivity contribution in [1.82, 2.24) is 5.32 Å². The van der Waals surface area contributed by atoms with E-state index in [2.05, 4.69) is 5.32 Å². The van der Waals surface area contributed by atoms with Crippen molar-refractivity contribution >= 4 is 17.5 Å². The Hall–Kier alpha value is -2.04. The fourth-order valence-corrected chi connectivity index (χ4v) is 2.19. The largest absolute Gasteiger partial charge is 0.508 e. The highest BCUT2D eigenvalue weighted by atomic mass is 35.5. The molecule has 2 rings (SSSR count). The number of phenolic OH excluding ortho intramolecular Hbond substituents is 1. The van der Waals surface area contributed by atoms with E-state index >= 15 is 0 Å². The Balaban J connectivity index is 2.18. The summed E-state index contributed by atoms with van der Waals surface area (Å²) in [5.41, 5.74) is 1.89. The maximum atomic E-state index is 12.2. The fourth-order valence-electron chi connectivity index (χ4n) is 2.07. The van der Waals surface area contributed by atoms with Crippen LogP contribution in [0.4, 0.5) is 0 Å². The third-order valence-corrected chi connectivity index (χ3v) is 3.34. The van der Waals surface area contributed by atoms with Crippen molar-refractivity contribution in [3.63, 3.8) is 0 Å². The number of hydrogen-bond donors (Lipinski definition) is 3. The number of hydrogen-bond acceptors (Lipinski definition) is 3. The normalized spacial score (nSPS) is 12.0. The van der Waals surface area contributed by atoms with Crippen molar-refractivity contribution < 1.29 is 15.0 Å². The summed E-state index contributed by atoms with van der Waals surface area (Å²) in [6.45, 7) is 1.56. The highest BCUT2D eigenvalue weighted by Gasteiger charge is 2.15. The molecule has 0 aliphatic carbocycles. The Morgan fingerprint density at radius 3 is 2.48 bits per heavy atom. The molecule has 0 heterocycles. The van der Waals surface area contributed by atoms with Gasteiger partial charge in [-0.15, -0.1) is 0 Å². The van der Waals surface area contributed by atoms with E-state index in [-0.39, 0.29) is 18.3 Å². The molecule has 1 atom stereocenters. The standard InChI is InChI=1S/C16H16ClNO3/c1-10-6-12(8-14(20)7-10)16(21)18-15(9-19)11-2-4-13(17)5-3-11/h2-8,15,19-20H,9H2,1H3,(H,18,21). The molecule has 0 aliphatic rings. The van der Waals surface area contributed by atoms with Gasteiger partial charge in [-0.25, -0.2) is 0 Å². The van der Waals surface area contributed by atoms with Gasteiger partial charge in [0.1, 0.15) is 5.75 Å². The topological polar surface area (TPSA) is 69.6 Å². The SMILES string of the molecule is Cc1cc(O)cc(C(=O)NC(CO)c2ccc(Cl)cc2)c1. The molecule has 0 bridgehead atoms. The second kappa shape index (κ2) is 6.61. The van der Waals surface area contributed by atoms with E-state index in [0.29, 0.717) is 10.6 Å². The average Bonchev–Trinajstić information content (AvgIpc) is 2.44. The van der Waals surface area contributed by atoms with Crippen molar-refractivity contribution in [3.05, 3.63) is 64.2 Å². The summed E-state index contributed by atoms with van der Waals surface area (Å²) < 4.78 is 0. The van der Waals surface area contributed by atoms with Gasteiger partial charge in [0.25, 0.3) is 5.91 Å². The van der Waals surface area contributed by atoms with Crippen molar-refractivity contribution in [2.24, 2.45) is 0 Å². The summed E-state index contributed by atoms with van der Waals surface area (Å²) in [7, 11) is 0. The molecule has 0 aromatic heterocycles. The van der Waals surface area contributed by atoms with Crippen molar-refractivity contribution in [1.29, 1.82) is 0 Å². The lowest BCUT2D eigenvalue weighted by Crippen LogP contribution is -2.30. The van der Waals surface area contributed by atoms with Crippen LogP contribution < -0.4 is 5.32 Å². The van der Waals surface area contributed by atoms with Gasteiger partial charge >= 0.3 is 0 Å². The molecule has 0 aliphatic heterocycles. The maximum absolute atomic E-state index is 12.2. The number of halogens is 1. The molecule has 1 amide bonds. The smallest absolute Gasteiger partial charge is 0.251 e. The van der Waals surface area contributed by atoms with Crippen LogP contribution in [-0.2, 0) is 0 Å². The van der Waals surface area contributed by atoms with Crippen LogP contribution in [0.1, 0.15) is 27.5 Å². The minimum atomic E-state index is -0.530. The highest BCUT2D eigenvalue weighted by Crippen LogP contribution is 2.19. The lowest BCUT2D eigenvalue weighted by atomic mass is 10.1. The molecular formula is C16H16ClNO3. The van der Waals surface area contributed by atoms with Crippen LogP contribution in [0.5, 0.6) is 5.75 Å². The molecule has 0 radical (unpaired) electrons. The highest BCUT2D eigenvalue weighted by molar-refractivity contribution is 6.30. The van der Waals surface area contributed by atoms with E-state index in [1.807, 2.05) is 0 Å². The number of benzene rings is 2. The number of rotatable bonds is 4. The molecular weight excluding hydrogens is 290 g/mol. The van der Waals surface area contributed by atoms with Crippen molar-refractivity contribution in [2.75, 3.05) is 6.61 Å². The summed E-state index contributed by atoms with van der Waals surface area (Å²) in [6.07, 6.45) is 0. The zero-order chi connectivity index (χ0) is 15.4. The van der Waals surface area contributed by atoms with E-state index in [4.69, 9.17) is 11.6 Å². The van der Waals surface area contributed by atoms with E-state index in [1.54, 1.807) is 43.3 Å². The van der Waals surface area contributed by atoms with E-state index < -0.39 is 6.04 Å². The Morgan fingerprint density at radius 2 is 1.90 bits per heavy atom. The zero-order valence-electron chi connectivity index (χ0n) is 11.5. The minimum absolute atomic E-state index is 0.0344. The number of carbonyl (C=O) groups is 1. The van der Waals surface area contributed by atoms with Crippen LogP contribution in [0.15, 0.2) is 42.5 Å². The van der Waals surface area contributed by atoms with Gasteiger partial charge in [-0.05, 0) is 48.4 Å². The third kappa shape index (κ3) is 3.97. The number of amides is 1. The fraction of sp³-hybridized carbons (Fsp3) is 0.188. The molecule has 21 heavy (non-hydrogen) atoms. The zero-order valence-corrected chi connectivity index (χ0v) is 12.3. The number of aromatic hydroxyl groups is 1. The summed E-state index contributed by atoms with van der Waals surface area (Å²) in [6, 6.07) is 11.0. The maximum Gasteiger partial charge on any atom is 0.251 e. The van der Waals surface area contributed by atoms with E-state index in [9.17, 15) is 15.0 Å². The average molecular weight is 306 g/mol. The number of nitrogens with one attached hydrogen (secondary N) is 1. The molecule has 0 fully saturated rings. The first kappa shape index (κ1) is 15.4. The Morgan fingerprint density at radius 1 is 1.24 bits per heavy atom. The quantitative estimate of drug-likeness (QED) is 0.813. The molecule has 0 saturated heterocycles. The minimum Gasteiger partial charge on any atom is -0.508 e. The van der Waals surface area contributed by atoms with Crippen LogP contribution in [-0.4, -0.2) is 22.7 Å². The molecule has 1 unspecified atom stereocenters. The van der Waals surface area contributed by atoms with Gasteiger partial charge in [0.2, 0.25) is 0 Å². The van der Waals surface area contributed by atoms with Gasteiger partial charge < -0.3 is 15.5 Å². The second-order valence-electron chi connectivity index (χ2n) is 4.82. The van der Waals surface area contributed by atoms with Gasteiger partial charge in [0.15, 0.2) is 0 Å². The first-order valence-electron chi connectivity index (χ1n) is 6.47. The van der Waals surface area contributed by atoms with Crippen molar-refractivity contribution in [3.8, 4) is 5.75 Å². The first-order valence-corrected chi connectivity index (χ1v) is 6.85. The van der Waals surface area contributed by atoms with Gasteiger partial charge in [0.05, 0.1) is 12.6 Å². The lowest BCUT2D eigenvalue weighted by Gasteiger charge is -2.17. The predicted octanol–water partition coefficient (Wildman–Crippen LogP) is 2.82. The molecule has 2 aromatic rings. The molecule has 2 aromatic carbocycles. The van der Waals surface area contributed by atoms with E-state index in [1.165, 1.54) is 6.07 Å². The Bertz CT molecular complexity index is 620. The number of aliphatic hydroxyl groups excluding tert-OH is 1. The number of phenols is 1. The number of carbonyl (C=O) groups excluding carboxylic acids is 1. The van der Waals surface area contributed by atoms with Gasteiger partial charge in [-0.2, -0.15) is 0 Å². The molecule has 110 valence electrons. The molecule has 4 nitrogen and oxygen atoms in total. The number of aliphatic hydroxyl groups is 1. The summed E-state index contributed by atoms with van der Waals surface area (Å²) in [5, 5.41) is 22.3. The lowest BCUT2D eigenvalue weighted by molar-refractivity contribution is 0.0915. The predicted molar refractivity (Wildman–Crippen MR) is 81.6 cm³/mol. The van der Waals surface area contributed by atoms with Crippen LogP contribution in [0.2, 0.25) is 5.02 Å². The van der Waals surface area contributed by atoms with Crippen molar-refractivity contribution in [2.45, 2.75) is 13.0 Å². The second-order valence-corrected chi connectivity index (χ2v) is 5.25. The molecule has 3 N–H and O–H groups in total. The molecule has 5 heteroatoms. The van der Waals surface area contributed by atoms with Crippen LogP contribution in [0.25, 0.3) is 0 Å². The van der Waals surface area contributed by atoms with E-state index in [0.717, 1.165) is 11.1 Å².